The molecule has 0 spiro atoms. The number of benzene rings is 1. The highest BCUT2D eigenvalue weighted by atomic mass is 32.1. The van der Waals surface area contributed by atoms with E-state index in [-0.39, 0.29) is 24.4 Å². The van der Waals surface area contributed by atoms with Crippen LogP contribution in [-0.4, -0.2) is 52.0 Å². The van der Waals surface area contributed by atoms with Gasteiger partial charge >= 0.3 is 0 Å². The summed E-state index contributed by atoms with van der Waals surface area (Å²) in [5.41, 5.74) is 6.97. The number of aromatic nitrogens is 1. The van der Waals surface area contributed by atoms with Crippen molar-refractivity contribution in [2.75, 3.05) is 18.8 Å². The Balaban J connectivity index is 1.47. The van der Waals surface area contributed by atoms with Crippen LogP contribution < -0.4 is 11.1 Å². The van der Waals surface area contributed by atoms with Gasteiger partial charge in [-0.1, -0.05) is 18.2 Å². The first-order chi connectivity index (χ1) is 12.5. The van der Waals surface area contributed by atoms with E-state index < -0.39 is 6.10 Å². The van der Waals surface area contributed by atoms with Crippen LogP contribution in [0.5, 0.6) is 0 Å². The van der Waals surface area contributed by atoms with Gasteiger partial charge < -0.3 is 21.1 Å². The number of nitrogens with zero attached hydrogens (tertiary/aromatic N) is 2. The Kier molecular flexibility index (Phi) is 5.85. The van der Waals surface area contributed by atoms with Crippen LogP contribution in [0.2, 0.25) is 0 Å². The number of aryl methyl sites for hydroxylation is 1. The number of carbonyl (C=O) groups is 2. The molecule has 0 unspecified atom stereocenters. The van der Waals surface area contributed by atoms with Crippen molar-refractivity contribution in [2.45, 2.75) is 31.4 Å². The van der Waals surface area contributed by atoms with Crippen molar-refractivity contribution in [3.05, 3.63) is 47.0 Å². The first-order valence-electron chi connectivity index (χ1n) is 8.54. The highest BCUT2D eigenvalue weighted by Crippen LogP contribution is 2.16. The van der Waals surface area contributed by atoms with E-state index in [0.29, 0.717) is 36.5 Å². The highest BCUT2D eigenvalue weighted by Gasteiger charge is 2.31. The third kappa shape index (κ3) is 4.59. The summed E-state index contributed by atoms with van der Waals surface area (Å²) < 4.78 is 0. The lowest BCUT2D eigenvalue weighted by molar-refractivity contribution is -0.123. The van der Waals surface area contributed by atoms with E-state index in [9.17, 15) is 14.7 Å². The maximum Gasteiger partial charge on any atom is 0.253 e. The largest absolute Gasteiger partial charge is 0.389 e. The quantitative estimate of drug-likeness (QED) is 0.725. The predicted molar refractivity (Wildman–Crippen MR) is 99.7 cm³/mol. The van der Waals surface area contributed by atoms with Gasteiger partial charge in [-0.25, -0.2) is 4.98 Å². The Bertz CT molecular complexity index is 765. The van der Waals surface area contributed by atoms with Crippen molar-refractivity contribution in [2.24, 2.45) is 0 Å². The molecule has 1 saturated heterocycles. The van der Waals surface area contributed by atoms with Gasteiger partial charge in [-0.3, -0.25) is 9.59 Å². The molecule has 7 nitrogen and oxygen atoms in total. The van der Waals surface area contributed by atoms with E-state index in [1.54, 1.807) is 17.0 Å². The van der Waals surface area contributed by atoms with Crippen molar-refractivity contribution in [1.29, 1.82) is 0 Å². The summed E-state index contributed by atoms with van der Waals surface area (Å²) in [6, 6.07) is 8.65. The molecule has 1 aliphatic heterocycles. The lowest BCUT2D eigenvalue weighted by Gasteiger charge is -2.36. The minimum Gasteiger partial charge on any atom is -0.389 e. The highest BCUT2D eigenvalue weighted by molar-refractivity contribution is 7.13. The predicted octanol–water partition coefficient (Wildman–Crippen LogP) is 1.05. The molecule has 2 atom stereocenters. The number of rotatable bonds is 5. The van der Waals surface area contributed by atoms with Gasteiger partial charge in [-0.05, 0) is 25.0 Å². The molecule has 8 heteroatoms. The zero-order valence-corrected chi connectivity index (χ0v) is 15.1. The molecule has 0 radical (unpaired) electrons. The fraction of sp³-hybridized carbons (Fsp3) is 0.389. The monoisotopic (exact) mass is 374 g/mol. The maximum absolute atomic E-state index is 12.4. The van der Waals surface area contributed by atoms with Crippen LogP contribution >= 0.6 is 11.3 Å². The van der Waals surface area contributed by atoms with Crippen molar-refractivity contribution >= 4 is 28.3 Å². The van der Waals surface area contributed by atoms with Gasteiger partial charge in [0.25, 0.3) is 5.91 Å². The second-order valence-corrected chi connectivity index (χ2v) is 7.21. The van der Waals surface area contributed by atoms with E-state index in [2.05, 4.69) is 10.3 Å². The molecule has 138 valence electrons. The smallest absolute Gasteiger partial charge is 0.253 e. The van der Waals surface area contributed by atoms with Crippen molar-refractivity contribution < 1.29 is 14.7 Å². The van der Waals surface area contributed by atoms with Crippen LogP contribution in [0.1, 0.15) is 28.9 Å². The lowest BCUT2D eigenvalue weighted by atomic mass is 10.0. The Morgan fingerprint density at radius 1 is 1.35 bits per heavy atom. The number of anilines is 1. The number of β-amino-alcohol motifs (C(OH)–C–C–N with tert-alkyl or cyclic N) is 1. The summed E-state index contributed by atoms with van der Waals surface area (Å²) in [5.74, 6) is -0.237. The van der Waals surface area contributed by atoms with Gasteiger partial charge in [-0.2, -0.15) is 0 Å². The Labute approximate surface area is 155 Å². The normalized spacial score (nSPS) is 20.0. The summed E-state index contributed by atoms with van der Waals surface area (Å²) in [4.78, 5) is 30.3. The topological polar surface area (TPSA) is 109 Å². The van der Waals surface area contributed by atoms with Gasteiger partial charge in [0.2, 0.25) is 5.91 Å². The molecular formula is C18H22N4O3S. The first kappa shape index (κ1) is 18.3. The van der Waals surface area contributed by atoms with Gasteiger partial charge in [0.05, 0.1) is 17.8 Å². The number of amides is 2. The SMILES string of the molecule is Nc1nc(CCC(=O)N[C@@H]2CCN(C(=O)c3ccccc3)C[C@H]2O)cs1. The number of carbonyl (C=O) groups excluding carboxylic acids is 2. The van der Waals surface area contributed by atoms with Crippen molar-refractivity contribution in [1.82, 2.24) is 15.2 Å². The standard InChI is InChI=1S/C18H22N4O3S/c19-18-20-13(11-26-18)6-7-16(24)21-14-8-9-22(10-15(14)23)17(25)12-4-2-1-3-5-12/h1-5,11,14-15,23H,6-10H2,(H2,19,20)(H,21,24)/t14-,15-/m1/s1. The first-order valence-corrected chi connectivity index (χ1v) is 9.42. The van der Waals surface area contributed by atoms with Crippen LogP contribution in [0.4, 0.5) is 5.13 Å². The van der Waals surface area contributed by atoms with Crippen LogP contribution in [0.25, 0.3) is 0 Å². The average Bonchev–Trinajstić information content (AvgIpc) is 3.07. The molecule has 2 amide bonds. The zero-order chi connectivity index (χ0) is 18.5. The molecule has 26 heavy (non-hydrogen) atoms. The Morgan fingerprint density at radius 3 is 2.77 bits per heavy atom. The number of nitrogen functional groups attached to an aromatic ring is 1. The molecule has 1 fully saturated rings. The Hall–Kier alpha value is -2.45. The summed E-state index contributed by atoms with van der Waals surface area (Å²) in [7, 11) is 0. The fourth-order valence-electron chi connectivity index (χ4n) is 3.01. The molecule has 3 rings (SSSR count). The van der Waals surface area contributed by atoms with Gasteiger partial charge in [-0.15, -0.1) is 11.3 Å². The molecule has 0 saturated carbocycles. The second kappa shape index (κ2) is 8.29. The number of aliphatic hydroxyl groups is 1. The number of hydrogen-bond donors (Lipinski definition) is 3. The maximum atomic E-state index is 12.4. The number of nitrogens with one attached hydrogen (secondary N) is 1. The number of aliphatic hydroxyl groups excluding tert-OH is 1. The lowest BCUT2D eigenvalue weighted by Crippen LogP contribution is -2.55. The number of thiazole rings is 1. The molecule has 1 aliphatic rings. The second-order valence-electron chi connectivity index (χ2n) is 6.32. The third-order valence-corrected chi connectivity index (χ3v) is 5.14. The van der Waals surface area contributed by atoms with Crippen LogP contribution in [-0.2, 0) is 11.2 Å². The van der Waals surface area contributed by atoms with Crippen molar-refractivity contribution in [3.63, 3.8) is 0 Å². The molecule has 2 heterocycles. The fourth-order valence-corrected chi connectivity index (χ4v) is 3.60. The summed E-state index contributed by atoms with van der Waals surface area (Å²) in [5, 5.41) is 15.5. The molecular weight excluding hydrogens is 352 g/mol. The van der Waals surface area contributed by atoms with Crippen molar-refractivity contribution in [3.8, 4) is 0 Å². The van der Waals surface area contributed by atoms with Crippen LogP contribution in [0, 0.1) is 0 Å². The minimum atomic E-state index is -0.782. The van der Waals surface area contributed by atoms with E-state index in [0.717, 1.165) is 5.69 Å². The zero-order valence-electron chi connectivity index (χ0n) is 14.3. The molecule has 1 aromatic carbocycles. The average molecular weight is 374 g/mol. The Morgan fingerprint density at radius 2 is 2.12 bits per heavy atom. The third-order valence-electron chi connectivity index (χ3n) is 4.41. The van der Waals surface area contributed by atoms with Crippen LogP contribution in [0.15, 0.2) is 35.7 Å². The molecule has 4 N–H and O–H groups in total. The number of nitrogens with two attached hydrogens (primary N) is 1. The summed E-state index contributed by atoms with van der Waals surface area (Å²) >= 11 is 1.35. The van der Waals surface area contributed by atoms with E-state index in [4.69, 9.17) is 5.73 Å². The van der Waals surface area contributed by atoms with Gasteiger partial charge in [0, 0.05) is 30.5 Å². The van der Waals surface area contributed by atoms with Crippen LogP contribution in [0.3, 0.4) is 0 Å². The van der Waals surface area contributed by atoms with Gasteiger partial charge in [0.15, 0.2) is 5.13 Å². The molecule has 2 aromatic rings. The van der Waals surface area contributed by atoms with Gasteiger partial charge in [0.1, 0.15) is 0 Å². The molecule has 0 aliphatic carbocycles. The van der Waals surface area contributed by atoms with E-state index >= 15 is 0 Å². The van der Waals surface area contributed by atoms with E-state index in [1.807, 2.05) is 23.6 Å². The number of hydrogen-bond acceptors (Lipinski definition) is 6. The molecule has 1 aromatic heterocycles. The molecule has 0 bridgehead atoms. The minimum absolute atomic E-state index is 0.101. The number of piperidine rings is 1. The summed E-state index contributed by atoms with van der Waals surface area (Å²) in [6.45, 7) is 0.708. The van der Waals surface area contributed by atoms with E-state index in [1.165, 1.54) is 11.3 Å². The summed E-state index contributed by atoms with van der Waals surface area (Å²) in [6.07, 6.45) is 0.546. The number of likely N-dealkylation sites (tertiary alicyclic amines) is 1.